The number of methoxy groups -OCH3 is 3. The average Bonchev–Trinajstić information content (AvgIpc) is 2.87. The Balaban J connectivity index is 1.79. The Hall–Kier alpha value is -4.25. The molecule has 0 aromatic heterocycles. The number of sulfonamides is 1. The van der Waals surface area contributed by atoms with E-state index < -0.39 is 15.9 Å². The third kappa shape index (κ3) is 6.21. The van der Waals surface area contributed by atoms with Crippen LogP contribution in [0.1, 0.15) is 21.5 Å². The second-order valence-corrected chi connectivity index (χ2v) is 8.72. The number of ether oxygens (including phenoxy) is 4. The van der Waals surface area contributed by atoms with Crippen LogP contribution in [0, 0.1) is 0 Å². The summed E-state index contributed by atoms with van der Waals surface area (Å²) in [7, 11) is 0.279. The van der Waals surface area contributed by atoms with Crippen molar-refractivity contribution < 1.29 is 32.2 Å². The molecule has 0 radical (unpaired) electrons. The van der Waals surface area contributed by atoms with Gasteiger partial charge >= 0.3 is 0 Å². The first-order valence-corrected chi connectivity index (χ1v) is 11.7. The summed E-state index contributed by atoms with van der Waals surface area (Å²) in [5.74, 6) is 0.774. The van der Waals surface area contributed by atoms with E-state index in [2.05, 4.69) is 9.93 Å². The highest BCUT2D eigenvalue weighted by atomic mass is 32.2. The normalized spacial score (nSPS) is 11.2. The third-order valence-electron chi connectivity index (χ3n) is 4.89. The summed E-state index contributed by atoms with van der Waals surface area (Å²) in [5.41, 5.74) is 6.88. The van der Waals surface area contributed by atoms with Gasteiger partial charge in [-0.2, -0.15) is 18.4 Å². The Bertz CT molecular complexity index is 1340. The molecule has 0 saturated heterocycles. The van der Waals surface area contributed by atoms with Gasteiger partial charge in [0, 0.05) is 11.6 Å². The van der Waals surface area contributed by atoms with Crippen LogP contribution in [-0.2, 0) is 16.6 Å². The molecular weight excluding hydrogens is 474 g/mol. The first-order chi connectivity index (χ1) is 16.8. The predicted molar refractivity (Wildman–Crippen MR) is 130 cm³/mol. The molecule has 0 spiro atoms. The highest BCUT2D eigenvalue weighted by molar-refractivity contribution is 7.89. The van der Waals surface area contributed by atoms with Crippen molar-refractivity contribution in [3.8, 4) is 23.0 Å². The molecule has 3 N–H and O–H groups in total. The molecule has 35 heavy (non-hydrogen) atoms. The minimum Gasteiger partial charge on any atom is -0.497 e. The topological polar surface area (TPSA) is 139 Å². The Labute approximate surface area is 203 Å². The Morgan fingerprint density at radius 3 is 2.34 bits per heavy atom. The van der Waals surface area contributed by atoms with Crippen LogP contribution in [0.4, 0.5) is 0 Å². The molecule has 1 amide bonds. The highest BCUT2D eigenvalue weighted by Crippen LogP contribution is 2.28. The summed E-state index contributed by atoms with van der Waals surface area (Å²) in [6.07, 6.45) is 1.34. The first kappa shape index (κ1) is 25.4. The van der Waals surface area contributed by atoms with E-state index in [-0.39, 0.29) is 22.8 Å². The summed E-state index contributed by atoms with van der Waals surface area (Å²) >= 11 is 0. The van der Waals surface area contributed by atoms with Gasteiger partial charge in [-0.05, 0) is 48.0 Å². The van der Waals surface area contributed by atoms with Crippen LogP contribution in [-0.4, -0.2) is 41.9 Å². The molecule has 3 aromatic rings. The lowest BCUT2D eigenvalue weighted by molar-refractivity contribution is 0.0996. The van der Waals surface area contributed by atoms with E-state index >= 15 is 0 Å². The molecule has 0 atom stereocenters. The number of para-hydroxylation sites is 1. The summed E-state index contributed by atoms with van der Waals surface area (Å²) in [6, 6.07) is 16.1. The fourth-order valence-electron chi connectivity index (χ4n) is 3.16. The number of primary amides is 1. The molecule has 0 unspecified atom stereocenters. The fourth-order valence-corrected chi connectivity index (χ4v) is 4.13. The van der Waals surface area contributed by atoms with E-state index in [0.717, 1.165) is 0 Å². The van der Waals surface area contributed by atoms with Crippen LogP contribution in [0.3, 0.4) is 0 Å². The zero-order valence-electron chi connectivity index (χ0n) is 19.3. The molecule has 0 aliphatic rings. The van der Waals surface area contributed by atoms with Crippen LogP contribution < -0.4 is 29.5 Å². The van der Waals surface area contributed by atoms with Crippen LogP contribution in [0.5, 0.6) is 23.0 Å². The number of benzene rings is 3. The van der Waals surface area contributed by atoms with Crippen molar-refractivity contribution in [1.82, 2.24) is 4.83 Å². The molecule has 3 rings (SSSR count). The van der Waals surface area contributed by atoms with Crippen molar-refractivity contribution in [3.05, 3.63) is 77.4 Å². The van der Waals surface area contributed by atoms with E-state index in [0.29, 0.717) is 28.4 Å². The lowest BCUT2D eigenvalue weighted by Gasteiger charge is -2.13. The van der Waals surface area contributed by atoms with Crippen molar-refractivity contribution >= 4 is 22.1 Å². The second kappa shape index (κ2) is 11.3. The van der Waals surface area contributed by atoms with Gasteiger partial charge in [0.15, 0.2) is 0 Å². The van der Waals surface area contributed by atoms with Gasteiger partial charge in [0.1, 0.15) is 34.5 Å². The van der Waals surface area contributed by atoms with Crippen molar-refractivity contribution in [2.75, 3.05) is 21.3 Å². The molecule has 0 heterocycles. The average molecular weight is 500 g/mol. The maximum atomic E-state index is 12.7. The van der Waals surface area contributed by atoms with Gasteiger partial charge in [-0.15, -0.1) is 0 Å². The summed E-state index contributed by atoms with van der Waals surface area (Å²) in [5, 5.41) is 3.87. The van der Waals surface area contributed by atoms with Crippen molar-refractivity contribution in [2.45, 2.75) is 11.5 Å². The van der Waals surface area contributed by atoms with Gasteiger partial charge < -0.3 is 24.7 Å². The lowest BCUT2D eigenvalue weighted by Crippen LogP contribution is -2.19. The molecule has 3 aromatic carbocycles. The highest BCUT2D eigenvalue weighted by Gasteiger charge is 2.20. The zero-order valence-corrected chi connectivity index (χ0v) is 20.2. The van der Waals surface area contributed by atoms with Crippen molar-refractivity contribution in [1.29, 1.82) is 0 Å². The first-order valence-electron chi connectivity index (χ1n) is 10.2. The molecule has 0 aliphatic carbocycles. The SMILES string of the molecule is COc1ccc(OC)c(S(=O)(=O)NN=Cc2ccc(OC)c(COc3ccccc3C(N)=O)c2)c1. The molecular formula is C24H25N3O7S. The van der Waals surface area contributed by atoms with E-state index in [1.165, 1.54) is 39.7 Å². The fraction of sp³-hybridized carbons (Fsp3) is 0.167. The van der Waals surface area contributed by atoms with Crippen molar-refractivity contribution in [2.24, 2.45) is 10.8 Å². The number of rotatable bonds is 11. The maximum absolute atomic E-state index is 12.7. The molecule has 184 valence electrons. The van der Waals surface area contributed by atoms with E-state index in [1.54, 1.807) is 48.5 Å². The standard InChI is InChI=1S/C24H25N3O7S/c1-31-18-9-11-22(33-3)23(13-18)35(29,30)27-26-14-16-8-10-20(32-2)17(12-16)15-34-21-7-5-4-6-19(21)24(25)28/h4-14,27H,15H2,1-3H3,(H2,25,28). The second-order valence-electron chi connectivity index (χ2n) is 7.09. The molecule has 0 fully saturated rings. The van der Waals surface area contributed by atoms with Crippen molar-refractivity contribution in [3.63, 3.8) is 0 Å². The summed E-state index contributed by atoms with van der Waals surface area (Å²) in [6.45, 7) is 0.0713. The number of hydrogen-bond donors (Lipinski definition) is 2. The molecule has 0 aliphatic heterocycles. The monoisotopic (exact) mass is 499 g/mol. The number of carbonyl (C=O) groups is 1. The number of hydrazone groups is 1. The van der Waals surface area contributed by atoms with E-state index in [4.69, 9.17) is 24.7 Å². The number of nitrogens with zero attached hydrogens (tertiary/aromatic N) is 1. The van der Waals surface area contributed by atoms with Gasteiger partial charge in [-0.25, -0.2) is 0 Å². The van der Waals surface area contributed by atoms with E-state index in [1.807, 2.05) is 0 Å². The van der Waals surface area contributed by atoms with Crippen LogP contribution in [0.15, 0.2) is 70.7 Å². The summed E-state index contributed by atoms with van der Waals surface area (Å²) < 4.78 is 46.9. The minimum absolute atomic E-state index is 0.0713. The molecule has 10 nitrogen and oxygen atoms in total. The third-order valence-corrected chi connectivity index (χ3v) is 6.13. The number of nitrogens with two attached hydrogens (primary N) is 1. The number of carbonyl (C=O) groups excluding carboxylic acids is 1. The van der Waals surface area contributed by atoms with Gasteiger partial charge in [-0.3, -0.25) is 4.79 Å². The van der Waals surface area contributed by atoms with E-state index in [9.17, 15) is 13.2 Å². The van der Waals surface area contributed by atoms with Crippen LogP contribution in [0.2, 0.25) is 0 Å². The predicted octanol–water partition coefficient (Wildman–Crippen LogP) is 2.70. The maximum Gasteiger partial charge on any atom is 0.280 e. The lowest BCUT2D eigenvalue weighted by atomic mass is 10.1. The van der Waals surface area contributed by atoms with Crippen LogP contribution >= 0.6 is 0 Å². The zero-order chi connectivity index (χ0) is 25.4. The van der Waals surface area contributed by atoms with Gasteiger partial charge in [-0.1, -0.05) is 12.1 Å². The smallest absolute Gasteiger partial charge is 0.280 e. The van der Waals surface area contributed by atoms with Gasteiger partial charge in [0.2, 0.25) is 0 Å². The molecule has 0 bridgehead atoms. The Morgan fingerprint density at radius 2 is 1.66 bits per heavy atom. The quantitative estimate of drug-likeness (QED) is 0.305. The number of amides is 1. The Kier molecular flexibility index (Phi) is 8.16. The van der Waals surface area contributed by atoms with Gasteiger partial charge in [0.05, 0.1) is 33.1 Å². The molecule has 11 heteroatoms. The molecule has 0 saturated carbocycles. The minimum atomic E-state index is -4.03. The number of hydrogen-bond acceptors (Lipinski definition) is 8. The van der Waals surface area contributed by atoms with Crippen LogP contribution in [0.25, 0.3) is 0 Å². The van der Waals surface area contributed by atoms with Gasteiger partial charge in [0.25, 0.3) is 15.9 Å². The largest absolute Gasteiger partial charge is 0.497 e. The summed E-state index contributed by atoms with van der Waals surface area (Å²) in [4.78, 5) is 13.7. The number of nitrogens with one attached hydrogen (secondary N) is 1. The Morgan fingerprint density at radius 1 is 0.943 bits per heavy atom.